The number of aryl methyl sites for hydroxylation is 1. The molecular weight excluding hydrogens is 300 g/mol. The van der Waals surface area contributed by atoms with Gasteiger partial charge in [-0.1, -0.05) is 6.92 Å². The minimum atomic E-state index is -1.53. The number of hydrogen-bond acceptors (Lipinski definition) is 3. The van der Waals surface area contributed by atoms with Crippen LogP contribution in [-0.4, -0.2) is 17.0 Å². The molecule has 1 heterocycles. The van der Waals surface area contributed by atoms with Crippen LogP contribution in [0.25, 0.3) is 0 Å². The van der Waals surface area contributed by atoms with E-state index in [1.54, 1.807) is 11.4 Å². The highest BCUT2D eigenvalue weighted by Crippen LogP contribution is 2.23. The molecule has 0 aliphatic heterocycles. The molecule has 0 atom stereocenters. The summed E-state index contributed by atoms with van der Waals surface area (Å²) in [6.07, 6.45) is 0.637. The Morgan fingerprint density at radius 1 is 1.29 bits per heavy atom. The number of aromatic carboxylic acids is 1. The first kappa shape index (κ1) is 15.1. The molecule has 1 aromatic heterocycles. The third kappa shape index (κ3) is 3.08. The number of carbonyl (C=O) groups is 2. The molecule has 0 fully saturated rings. The normalized spacial score (nSPS) is 10.4. The van der Waals surface area contributed by atoms with Crippen molar-refractivity contribution in [1.29, 1.82) is 0 Å². The Labute approximate surface area is 123 Å². The van der Waals surface area contributed by atoms with Crippen molar-refractivity contribution in [3.05, 3.63) is 51.2 Å². The number of anilines is 1. The molecule has 1 amide bonds. The van der Waals surface area contributed by atoms with Crippen LogP contribution in [0.5, 0.6) is 0 Å². The first-order chi connectivity index (χ1) is 9.93. The van der Waals surface area contributed by atoms with Gasteiger partial charge < -0.3 is 10.4 Å². The number of nitrogens with one attached hydrogen (secondary N) is 1. The monoisotopic (exact) mass is 311 g/mol. The molecule has 0 saturated carbocycles. The maximum atomic E-state index is 13.6. The quantitative estimate of drug-likeness (QED) is 0.907. The minimum Gasteiger partial charge on any atom is -0.478 e. The molecule has 7 heteroatoms. The van der Waals surface area contributed by atoms with Crippen LogP contribution in [0.3, 0.4) is 0 Å². The predicted molar refractivity (Wildman–Crippen MR) is 75.0 cm³/mol. The van der Waals surface area contributed by atoms with Crippen molar-refractivity contribution in [2.75, 3.05) is 5.32 Å². The Morgan fingerprint density at radius 3 is 2.62 bits per heavy atom. The van der Waals surface area contributed by atoms with E-state index in [2.05, 4.69) is 5.32 Å². The first-order valence-electron chi connectivity index (χ1n) is 6.04. The molecule has 0 aliphatic carbocycles. The van der Waals surface area contributed by atoms with Crippen LogP contribution in [0.2, 0.25) is 0 Å². The summed E-state index contributed by atoms with van der Waals surface area (Å²) < 4.78 is 26.9. The second kappa shape index (κ2) is 6.01. The molecule has 110 valence electrons. The Morgan fingerprint density at radius 2 is 2.00 bits per heavy atom. The molecule has 0 saturated heterocycles. The molecule has 1 aromatic carbocycles. The van der Waals surface area contributed by atoms with E-state index in [1.165, 1.54) is 11.3 Å². The zero-order valence-corrected chi connectivity index (χ0v) is 11.8. The van der Waals surface area contributed by atoms with Gasteiger partial charge in [0.05, 0.1) is 16.1 Å². The van der Waals surface area contributed by atoms with Crippen molar-refractivity contribution in [1.82, 2.24) is 0 Å². The van der Waals surface area contributed by atoms with Gasteiger partial charge in [0, 0.05) is 6.07 Å². The largest absolute Gasteiger partial charge is 0.478 e. The maximum Gasteiger partial charge on any atom is 0.338 e. The fourth-order valence-corrected chi connectivity index (χ4v) is 2.69. The van der Waals surface area contributed by atoms with E-state index in [0.717, 1.165) is 11.6 Å². The van der Waals surface area contributed by atoms with E-state index in [9.17, 15) is 18.4 Å². The van der Waals surface area contributed by atoms with Gasteiger partial charge in [-0.15, -0.1) is 11.3 Å². The van der Waals surface area contributed by atoms with Gasteiger partial charge in [-0.25, -0.2) is 13.6 Å². The predicted octanol–water partition coefficient (Wildman–Crippen LogP) is 3.54. The molecule has 0 spiro atoms. The Balaban J connectivity index is 2.33. The van der Waals surface area contributed by atoms with Gasteiger partial charge in [0.25, 0.3) is 5.91 Å². The number of hydrogen-bond donors (Lipinski definition) is 2. The summed E-state index contributed by atoms with van der Waals surface area (Å²) in [6, 6.07) is 2.99. The molecule has 2 N–H and O–H groups in total. The van der Waals surface area contributed by atoms with E-state index in [0.29, 0.717) is 17.4 Å². The van der Waals surface area contributed by atoms with E-state index in [-0.39, 0.29) is 5.69 Å². The zero-order chi connectivity index (χ0) is 15.6. The van der Waals surface area contributed by atoms with Gasteiger partial charge >= 0.3 is 5.97 Å². The molecule has 0 radical (unpaired) electrons. The number of carboxylic acids is 1. The van der Waals surface area contributed by atoms with Gasteiger partial charge in [-0.2, -0.15) is 0 Å². The molecule has 0 unspecified atom stereocenters. The fraction of sp³-hybridized carbons (Fsp3) is 0.143. The second-order valence-electron chi connectivity index (χ2n) is 4.20. The SMILES string of the molecule is CCc1ccsc1C(=O)Nc1cc(C(=O)O)c(F)cc1F. The van der Waals surface area contributed by atoms with Crippen LogP contribution in [0, 0.1) is 11.6 Å². The van der Waals surface area contributed by atoms with Crippen molar-refractivity contribution in [3.8, 4) is 0 Å². The summed E-state index contributed by atoms with van der Waals surface area (Å²) in [5, 5.41) is 12.8. The zero-order valence-electron chi connectivity index (χ0n) is 10.9. The Bertz CT molecular complexity index is 712. The minimum absolute atomic E-state index is 0.366. The van der Waals surface area contributed by atoms with Gasteiger partial charge in [-0.3, -0.25) is 4.79 Å². The lowest BCUT2D eigenvalue weighted by Gasteiger charge is -2.08. The summed E-state index contributed by atoms with van der Waals surface area (Å²) in [4.78, 5) is 23.3. The van der Waals surface area contributed by atoms with Gasteiger partial charge in [-0.05, 0) is 29.5 Å². The summed E-state index contributed by atoms with van der Waals surface area (Å²) in [6.45, 7) is 1.87. The Hall–Kier alpha value is -2.28. The van der Waals surface area contributed by atoms with Crippen molar-refractivity contribution >= 4 is 28.9 Å². The Kier molecular flexibility index (Phi) is 4.32. The van der Waals surface area contributed by atoms with Crippen LogP contribution in [-0.2, 0) is 6.42 Å². The number of amides is 1. The number of carbonyl (C=O) groups excluding carboxylic acids is 1. The third-order valence-corrected chi connectivity index (χ3v) is 3.82. The number of benzene rings is 1. The molecule has 0 aliphatic rings. The van der Waals surface area contributed by atoms with Crippen LogP contribution in [0.4, 0.5) is 14.5 Å². The third-order valence-electron chi connectivity index (χ3n) is 2.87. The molecule has 21 heavy (non-hydrogen) atoms. The van der Waals surface area contributed by atoms with Gasteiger partial charge in [0.15, 0.2) is 0 Å². The first-order valence-corrected chi connectivity index (χ1v) is 6.92. The average Bonchev–Trinajstić information content (AvgIpc) is 2.89. The lowest BCUT2D eigenvalue weighted by atomic mass is 10.1. The molecule has 2 aromatic rings. The van der Waals surface area contributed by atoms with Crippen LogP contribution >= 0.6 is 11.3 Å². The van der Waals surface area contributed by atoms with E-state index < -0.39 is 29.1 Å². The van der Waals surface area contributed by atoms with E-state index in [4.69, 9.17) is 5.11 Å². The number of halogens is 2. The van der Waals surface area contributed by atoms with Crippen LogP contribution in [0.15, 0.2) is 23.6 Å². The number of rotatable bonds is 4. The molecule has 0 bridgehead atoms. The summed E-state index contributed by atoms with van der Waals surface area (Å²) >= 11 is 1.20. The van der Waals surface area contributed by atoms with Crippen molar-refractivity contribution in [2.24, 2.45) is 0 Å². The van der Waals surface area contributed by atoms with Crippen LogP contribution in [0.1, 0.15) is 32.5 Å². The lowest BCUT2D eigenvalue weighted by molar-refractivity contribution is 0.0691. The highest BCUT2D eigenvalue weighted by Gasteiger charge is 2.18. The van der Waals surface area contributed by atoms with Gasteiger partial charge in [0.2, 0.25) is 0 Å². The molecule has 2 rings (SSSR count). The van der Waals surface area contributed by atoms with Gasteiger partial charge in [0.1, 0.15) is 11.6 Å². The second-order valence-corrected chi connectivity index (χ2v) is 5.12. The van der Waals surface area contributed by atoms with Crippen molar-refractivity contribution < 1.29 is 23.5 Å². The molecule has 4 nitrogen and oxygen atoms in total. The summed E-state index contributed by atoms with van der Waals surface area (Å²) in [5.74, 6) is -4.30. The fourth-order valence-electron chi connectivity index (χ4n) is 1.80. The standard InChI is InChI=1S/C14H11F2NO3S/c1-2-7-3-4-21-12(7)13(18)17-11-5-8(14(19)20)9(15)6-10(11)16/h3-6H,2H2,1H3,(H,17,18)(H,19,20). The van der Waals surface area contributed by atoms with Crippen LogP contribution < -0.4 is 5.32 Å². The molecular formula is C14H11F2NO3S. The average molecular weight is 311 g/mol. The topological polar surface area (TPSA) is 66.4 Å². The highest BCUT2D eigenvalue weighted by molar-refractivity contribution is 7.12. The van der Waals surface area contributed by atoms with Crippen molar-refractivity contribution in [3.63, 3.8) is 0 Å². The lowest BCUT2D eigenvalue weighted by Crippen LogP contribution is -2.14. The number of carboxylic acid groups (broad SMARTS) is 1. The smallest absolute Gasteiger partial charge is 0.338 e. The summed E-state index contributed by atoms with van der Waals surface area (Å²) in [5.41, 5.74) is -0.263. The summed E-state index contributed by atoms with van der Waals surface area (Å²) in [7, 11) is 0. The maximum absolute atomic E-state index is 13.6. The highest BCUT2D eigenvalue weighted by atomic mass is 32.1. The van der Waals surface area contributed by atoms with E-state index >= 15 is 0 Å². The number of thiophene rings is 1. The van der Waals surface area contributed by atoms with E-state index in [1.807, 2.05) is 6.92 Å². The van der Waals surface area contributed by atoms with Crippen molar-refractivity contribution in [2.45, 2.75) is 13.3 Å².